The molecule has 10 heteroatoms. The lowest BCUT2D eigenvalue weighted by atomic mass is 10.0. The van der Waals surface area contributed by atoms with Gasteiger partial charge in [0.25, 0.3) is 11.8 Å². The highest BCUT2D eigenvalue weighted by atomic mass is 16.6. The third kappa shape index (κ3) is 3.09. The van der Waals surface area contributed by atoms with E-state index in [4.69, 9.17) is 9.47 Å². The number of hydrogen-bond donors (Lipinski definition) is 2. The molecule has 2 aliphatic rings. The number of rotatable bonds is 4. The predicted octanol–water partition coefficient (Wildman–Crippen LogP) is 0.654. The number of benzene rings is 1. The Balaban J connectivity index is 1.53. The summed E-state index contributed by atoms with van der Waals surface area (Å²) >= 11 is 0. The lowest BCUT2D eigenvalue weighted by Gasteiger charge is -2.21. The highest BCUT2D eigenvalue weighted by molar-refractivity contribution is 6.21. The normalized spacial score (nSPS) is 25.7. The van der Waals surface area contributed by atoms with E-state index in [1.54, 1.807) is 38.1 Å². The number of imide groups is 1. The van der Waals surface area contributed by atoms with Crippen LogP contribution in [0.4, 0.5) is 4.79 Å². The number of carbonyl (C=O) groups is 3. The summed E-state index contributed by atoms with van der Waals surface area (Å²) in [6.07, 6.45) is -4.12. The number of ether oxygens (including phenoxy) is 2. The summed E-state index contributed by atoms with van der Waals surface area (Å²) in [5.74, 6) is -0.959. The molecule has 4 atom stereocenters. The van der Waals surface area contributed by atoms with E-state index >= 15 is 0 Å². The molecule has 1 fully saturated rings. The molecule has 2 aromatic rings. The van der Waals surface area contributed by atoms with Crippen LogP contribution in [0.2, 0.25) is 0 Å². The number of amides is 2. The van der Waals surface area contributed by atoms with Gasteiger partial charge in [-0.05, 0) is 26.0 Å². The molecule has 1 saturated heterocycles. The number of imidazole rings is 1. The van der Waals surface area contributed by atoms with Crippen molar-refractivity contribution in [1.29, 1.82) is 0 Å². The van der Waals surface area contributed by atoms with Crippen LogP contribution in [0.25, 0.3) is 0 Å². The molecule has 30 heavy (non-hydrogen) atoms. The maximum atomic E-state index is 12.6. The van der Waals surface area contributed by atoms with Crippen molar-refractivity contribution in [1.82, 2.24) is 14.5 Å². The Bertz CT molecular complexity index is 983. The number of fused-ring (bicyclic) bond motifs is 1. The van der Waals surface area contributed by atoms with E-state index in [1.807, 2.05) is 0 Å². The second-order valence-electron chi connectivity index (χ2n) is 7.13. The average Bonchev–Trinajstić information content (AvgIpc) is 3.32. The maximum absolute atomic E-state index is 12.6. The van der Waals surface area contributed by atoms with Crippen LogP contribution in [0.1, 0.15) is 45.1 Å². The number of nitrogens with zero attached hydrogens (tertiary/aromatic N) is 3. The van der Waals surface area contributed by atoms with E-state index in [-0.39, 0.29) is 30.0 Å². The third-order valence-corrected chi connectivity index (χ3v) is 5.38. The number of hydrogen-bond acceptors (Lipinski definition) is 8. The molecule has 0 radical (unpaired) electrons. The lowest BCUT2D eigenvalue weighted by Crippen LogP contribution is -2.42. The Labute approximate surface area is 171 Å². The van der Waals surface area contributed by atoms with Gasteiger partial charge in [0.2, 0.25) is 0 Å². The van der Waals surface area contributed by atoms with E-state index in [0.29, 0.717) is 5.69 Å². The summed E-state index contributed by atoms with van der Waals surface area (Å²) in [6, 6.07) is 6.45. The number of aromatic nitrogens is 2. The molecule has 0 unspecified atom stereocenters. The first-order valence-corrected chi connectivity index (χ1v) is 9.53. The van der Waals surface area contributed by atoms with Crippen molar-refractivity contribution >= 4 is 17.9 Å². The molecule has 0 saturated carbocycles. The molecule has 2 N–H and O–H groups in total. The summed E-state index contributed by atoms with van der Waals surface area (Å²) in [5.41, 5.74) is 1.23. The number of aliphatic hydroxyl groups is 2. The fourth-order valence-corrected chi connectivity index (χ4v) is 3.79. The first-order chi connectivity index (χ1) is 14.3. The molecule has 1 aromatic heterocycles. The van der Waals surface area contributed by atoms with Gasteiger partial charge >= 0.3 is 6.09 Å². The van der Waals surface area contributed by atoms with Gasteiger partial charge in [-0.15, -0.1) is 0 Å². The van der Waals surface area contributed by atoms with Crippen LogP contribution >= 0.6 is 0 Å². The predicted molar refractivity (Wildman–Crippen MR) is 101 cm³/mol. The van der Waals surface area contributed by atoms with Crippen molar-refractivity contribution in [3.8, 4) is 0 Å². The number of aliphatic hydroxyl groups excluding tert-OH is 2. The molecule has 3 heterocycles. The van der Waals surface area contributed by atoms with Gasteiger partial charge in [-0.1, -0.05) is 12.1 Å². The van der Waals surface area contributed by atoms with Crippen molar-refractivity contribution in [2.24, 2.45) is 0 Å². The zero-order valence-electron chi connectivity index (χ0n) is 16.4. The van der Waals surface area contributed by atoms with Crippen molar-refractivity contribution in [3.05, 3.63) is 53.1 Å². The van der Waals surface area contributed by atoms with Crippen molar-refractivity contribution < 1.29 is 34.1 Å². The van der Waals surface area contributed by atoms with Crippen molar-refractivity contribution in [3.63, 3.8) is 0 Å². The highest BCUT2D eigenvalue weighted by Gasteiger charge is 2.48. The third-order valence-electron chi connectivity index (χ3n) is 5.38. The van der Waals surface area contributed by atoms with Gasteiger partial charge in [-0.25, -0.2) is 14.3 Å². The van der Waals surface area contributed by atoms with Gasteiger partial charge < -0.3 is 19.7 Å². The Morgan fingerprint density at radius 1 is 1.17 bits per heavy atom. The summed E-state index contributed by atoms with van der Waals surface area (Å²) in [4.78, 5) is 42.2. The molecular weight excluding hydrogens is 394 g/mol. The highest BCUT2D eigenvalue weighted by Crippen LogP contribution is 2.35. The summed E-state index contributed by atoms with van der Waals surface area (Å²) < 4.78 is 11.9. The molecule has 158 valence electrons. The van der Waals surface area contributed by atoms with Gasteiger partial charge in [0.05, 0.1) is 35.7 Å². The SMILES string of the molecule is CCOC(=O)n1cnc([C@@H]2O[C@H](CN3C(=O)c4ccccc4C3=O)[C@@H](O)[C@H]2O)c1C. The van der Waals surface area contributed by atoms with Crippen LogP contribution in [0.15, 0.2) is 30.6 Å². The van der Waals surface area contributed by atoms with E-state index < -0.39 is 42.3 Å². The van der Waals surface area contributed by atoms with Gasteiger partial charge in [0.1, 0.15) is 30.7 Å². The fraction of sp³-hybridized carbons (Fsp3) is 0.400. The molecule has 2 aliphatic heterocycles. The minimum atomic E-state index is -1.36. The van der Waals surface area contributed by atoms with E-state index in [0.717, 1.165) is 4.90 Å². The summed E-state index contributed by atoms with van der Waals surface area (Å²) in [6.45, 7) is 3.25. The van der Waals surface area contributed by atoms with Crippen molar-refractivity contribution in [2.75, 3.05) is 13.2 Å². The van der Waals surface area contributed by atoms with Crippen LogP contribution in [-0.4, -0.2) is 74.0 Å². The maximum Gasteiger partial charge on any atom is 0.419 e. The van der Waals surface area contributed by atoms with Crippen molar-refractivity contribution in [2.45, 2.75) is 38.3 Å². The number of carbonyl (C=O) groups excluding carboxylic acids is 3. The summed E-state index contributed by atoms with van der Waals surface area (Å²) in [5, 5.41) is 21.0. The molecule has 4 rings (SSSR count). The largest absolute Gasteiger partial charge is 0.449 e. The molecule has 0 spiro atoms. The van der Waals surface area contributed by atoms with E-state index in [9.17, 15) is 24.6 Å². The first kappa shape index (κ1) is 20.2. The molecule has 0 aliphatic carbocycles. The van der Waals surface area contributed by atoms with Crippen LogP contribution in [0.3, 0.4) is 0 Å². The second-order valence-corrected chi connectivity index (χ2v) is 7.13. The molecular formula is C20H21N3O7. The average molecular weight is 415 g/mol. The van der Waals surface area contributed by atoms with Gasteiger partial charge in [-0.2, -0.15) is 0 Å². The van der Waals surface area contributed by atoms with Crippen LogP contribution < -0.4 is 0 Å². The molecule has 10 nitrogen and oxygen atoms in total. The van der Waals surface area contributed by atoms with Gasteiger partial charge in [0, 0.05) is 0 Å². The second kappa shape index (κ2) is 7.63. The van der Waals surface area contributed by atoms with Crippen LogP contribution in [-0.2, 0) is 9.47 Å². The van der Waals surface area contributed by atoms with E-state index in [1.165, 1.54) is 10.9 Å². The lowest BCUT2D eigenvalue weighted by molar-refractivity contribution is -0.00820. The Kier molecular flexibility index (Phi) is 5.14. The smallest absolute Gasteiger partial charge is 0.419 e. The topological polar surface area (TPSA) is 131 Å². The Hall–Kier alpha value is -3.08. The van der Waals surface area contributed by atoms with E-state index in [2.05, 4.69) is 4.98 Å². The Morgan fingerprint density at radius 2 is 1.80 bits per heavy atom. The zero-order valence-corrected chi connectivity index (χ0v) is 16.4. The molecule has 0 bridgehead atoms. The molecule has 2 amide bonds. The monoisotopic (exact) mass is 415 g/mol. The molecule has 1 aromatic carbocycles. The fourth-order valence-electron chi connectivity index (χ4n) is 3.79. The van der Waals surface area contributed by atoms with Gasteiger partial charge in [-0.3, -0.25) is 14.5 Å². The standard InChI is InChI=1S/C20H21N3O7/c1-3-29-20(28)23-9-21-14(10(23)2)17-16(25)15(24)13(30-17)8-22-18(26)11-6-4-5-7-12(11)19(22)27/h4-7,9,13,15-17,24-25H,3,8H2,1-2H3/t13-,15-,16-,17+/m1/s1. The summed E-state index contributed by atoms with van der Waals surface area (Å²) in [7, 11) is 0. The first-order valence-electron chi connectivity index (χ1n) is 9.53. The van der Waals surface area contributed by atoms with Crippen LogP contribution in [0.5, 0.6) is 0 Å². The minimum absolute atomic E-state index is 0.190. The zero-order chi connectivity index (χ0) is 21.6. The minimum Gasteiger partial charge on any atom is -0.449 e. The van der Waals surface area contributed by atoms with Gasteiger partial charge in [0.15, 0.2) is 0 Å². The van der Waals surface area contributed by atoms with Crippen LogP contribution in [0, 0.1) is 6.92 Å². The Morgan fingerprint density at radius 3 is 2.40 bits per heavy atom. The quantitative estimate of drug-likeness (QED) is 0.696.